The molecule has 1 aromatic rings. The highest BCUT2D eigenvalue weighted by Gasteiger charge is 2.72. The third-order valence-corrected chi connectivity index (χ3v) is 5.35. The van der Waals surface area contributed by atoms with Crippen LogP contribution in [0.1, 0.15) is 17.3 Å². The second kappa shape index (κ2) is 5.00. The van der Waals surface area contributed by atoms with Crippen LogP contribution in [-0.2, 0) is 19.1 Å². The van der Waals surface area contributed by atoms with Crippen LogP contribution >= 0.6 is 0 Å². The van der Waals surface area contributed by atoms with Crippen molar-refractivity contribution in [3.8, 4) is 0 Å². The third-order valence-electron chi connectivity index (χ3n) is 5.35. The number of aliphatic hydroxyl groups is 1. The van der Waals surface area contributed by atoms with Crippen molar-refractivity contribution in [2.45, 2.75) is 18.1 Å². The Morgan fingerprint density at radius 1 is 1.20 bits per heavy atom. The van der Waals surface area contributed by atoms with Gasteiger partial charge in [0.25, 0.3) is 0 Å². The number of benzene rings is 1. The van der Waals surface area contributed by atoms with Crippen LogP contribution in [-0.4, -0.2) is 47.8 Å². The Kier molecular flexibility index (Phi) is 3.20. The lowest BCUT2D eigenvalue weighted by molar-refractivity contribution is -0.131. The van der Waals surface area contributed by atoms with E-state index in [0.717, 1.165) is 4.90 Å². The Bertz CT molecular complexity index is 815. The number of nitrogens with zero attached hydrogens (tertiary/aromatic N) is 1. The molecule has 0 spiro atoms. The van der Waals surface area contributed by atoms with Gasteiger partial charge in [-0.1, -0.05) is 12.2 Å². The van der Waals surface area contributed by atoms with Crippen molar-refractivity contribution in [1.29, 1.82) is 0 Å². The van der Waals surface area contributed by atoms with Gasteiger partial charge < -0.3 is 14.6 Å². The zero-order valence-corrected chi connectivity index (χ0v) is 13.8. The van der Waals surface area contributed by atoms with Gasteiger partial charge in [-0.15, -0.1) is 0 Å². The number of ether oxygens (including phenoxy) is 2. The monoisotopic (exact) mass is 343 g/mol. The molecule has 1 aromatic carbocycles. The van der Waals surface area contributed by atoms with E-state index in [1.54, 1.807) is 19.1 Å². The fraction of sp³-hybridized carbons (Fsp3) is 0.389. The van der Waals surface area contributed by atoms with Crippen molar-refractivity contribution in [3.63, 3.8) is 0 Å². The fourth-order valence-corrected chi connectivity index (χ4v) is 4.16. The minimum absolute atomic E-state index is 0.328. The summed E-state index contributed by atoms with van der Waals surface area (Å²) in [6.45, 7) is 1.38. The van der Waals surface area contributed by atoms with Crippen molar-refractivity contribution in [1.82, 2.24) is 0 Å². The highest BCUT2D eigenvalue weighted by Crippen LogP contribution is 2.57. The van der Waals surface area contributed by atoms with Crippen molar-refractivity contribution in [2.24, 2.45) is 11.8 Å². The van der Waals surface area contributed by atoms with E-state index in [1.165, 1.54) is 31.4 Å². The van der Waals surface area contributed by atoms with Gasteiger partial charge in [-0.25, -0.2) is 9.69 Å². The van der Waals surface area contributed by atoms with Crippen LogP contribution in [0, 0.1) is 11.8 Å². The van der Waals surface area contributed by atoms with Crippen LogP contribution in [0.3, 0.4) is 0 Å². The van der Waals surface area contributed by atoms with E-state index in [-0.39, 0.29) is 12.5 Å². The summed E-state index contributed by atoms with van der Waals surface area (Å²) >= 11 is 0. The molecule has 0 aliphatic carbocycles. The summed E-state index contributed by atoms with van der Waals surface area (Å²) in [5, 5.41) is 9.78. The minimum atomic E-state index is -1.15. The lowest BCUT2D eigenvalue weighted by atomic mass is 9.73. The van der Waals surface area contributed by atoms with Gasteiger partial charge >= 0.3 is 5.97 Å². The largest absolute Gasteiger partial charge is 0.465 e. The van der Waals surface area contributed by atoms with E-state index < -0.39 is 34.9 Å². The molecule has 7 nitrogen and oxygen atoms in total. The summed E-state index contributed by atoms with van der Waals surface area (Å²) in [6, 6.07) is 6.08. The Morgan fingerprint density at radius 2 is 1.84 bits per heavy atom. The fourth-order valence-electron chi connectivity index (χ4n) is 4.16. The van der Waals surface area contributed by atoms with Gasteiger partial charge in [0, 0.05) is 0 Å². The second-order valence-corrected chi connectivity index (χ2v) is 6.74. The van der Waals surface area contributed by atoms with Crippen molar-refractivity contribution < 1.29 is 29.0 Å². The number of rotatable bonds is 3. The standard InChI is InChI=1S/C18H17NO6/c1-17-7-8-18(9-20,25-17)13-12(17)14(21)19(15(13)22)11-5-3-10(4-6-11)16(23)24-2/h3-8,12-13,20H,9H2,1-2H3/t12-,13-,17+,18-/m0/s1. The summed E-state index contributed by atoms with van der Waals surface area (Å²) < 4.78 is 10.5. The summed E-state index contributed by atoms with van der Waals surface area (Å²) in [5.74, 6) is -2.67. The molecule has 3 aliphatic heterocycles. The van der Waals surface area contributed by atoms with E-state index in [0.29, 0.717) is 11.3 Å². The topological polar surface area (TPSA) is 93.1 Å². The molecule has 0 radical (unpaired) electrons. The molecule has 2 saturated heterocycles. The molecule has 25 heavy (non-hydrogen) atoms. The molecule has 3 aliphatic rings. The number of hydrogen-bond acceptors (Lipinski definition) is 6. The van der Waals surface area contributed by atoms with Gasteiger partial charge in [0.15, 0.2) is 0 Å². The lowest BCUT2D eigenvalue weighted by Gasteiger charge is -2.26. The Morgan fingerprint density at radius 3 is 2.44 bits per heavy atom. The third kappa shape index (κ3) is 1.90. The summed E-state index contributed by atoms with van der Waals surface area (Å²) in [6.07, 6.45) is 3.43. The van der Waals surface area contributed by atoms with E-state index in [9.17, 15) is 19.5 Å². The lowest BCUT2D eigenvalue weighted by Crippen LogP contribution is -2.43. The second-order valence-electron chi connectivity index (χ2n) is 6.74. The molecule has 0 aromatic heterocycles. The average Bonchev–Trinajstić information content (AvgIpc) is 3.20. The molecule has 7 heteroatoms. The van der Waals surface area contributed by atoms with Crippen LogP contribution in [0.4, 0.5) is 5.69 Å². The predicted molar refractivity (Wildman–Crippen MR) is 85.7 cm³/mol. The molecule has 130 valence electrons. The minimum Gasteiger partial charge on any atom is -0.465 e. The van der Waals surface area contributed by atoms with Gasteiger partial charge in [0.05, 0.1) is 42.4 Å². The Labute approximate surface area is 143 Å². The number of anilines is 1. The number of imide groups is 1. The number of esters is 1. The number of methoxy groups -OCH3 is 1. The molecule has 2 fully saturated rings. The van der Waals surface area contributed by atoms with E-state index in [4.69, 9.17) is 4.74 Å². The first-order valence-electron chi connectivity index (χ1n) is 7.94. The first kappa shape index (κ1) is 16.0. The maximum Gasteiger partial charge on any atom is 0.337 e. The molecule has 0 unspecified atom stereocenters. The maximum absolute atomic E-state index is 13.0. The van der Waals surface area contributed by atoms with Crippen molar-refractivity contribution in [2.75, 3.05) is 18.6 Å². The molecule has 4 rings (SSSR count). The molecular weight excluding hydrogens is 326 g/mol. The number of fused-ring (bicyclic) bond motifs is 5. The summed E-state index contributed by atoms with van der Waals surface area (Å²) in [4.78, 5) is 38.6. The quantitative estimate of drug-likeness (QED) is 0.493. The SMILES string of the molecule is COC(=O)c1ccc(N2C(=O)[C@@H]3[C@@H](C2=O)[C@@]2(CO)C=C[C@@]3(C)O2)cc1. The Balaban J connectivity index is 1.71. The maximum atomic E-state index is 13.0. The van der Waals surface area contributed by atoms with E-state index in [1.807, 2.05) is 0 Å². The number of hydrogen-bond donors (Lipinski definition) is 1. The van der Waals surface area contributed by atoms with Crippen LogP contribution in [0.15, 0.2) is 36.4 Å². The molecule has 2 amide bonds. The van der Waals surface area contributed by atoms with Crippen LogP contribution in [0.2, 0.25) is 0 Å². The van der Waals surface area contributed by atoms with Gasteiger partial charge in [-0.05, 0) is 31.2 Å². The zero-order valence-electron chi connectivity index (χ0n) is 13.8. The number of carbonyl (C=O) groups is 3. The molecule has 4 atom stereocenters. The van der Waals surface area contributed by atoms with Crippen LogP contribution in [0.25, 0.3) is 0 Å². The highest BCUT2D eigenvalue weighted by molar-refractivity contribution is 6.23. The van der Waals surface area contributed by atoms with E-state index in [2.05, 4.69) is 4.74 Å². The van der Waals surface area contributed by atoms with Gasteiger partial charge in [-0.2, -0.15) is 0 Å². The van der Waals surface area contributed by atoms with Gasteiger partial charge in [0.1, 0.15) is 5.60 Å². The highest BCUT2D eigenvalue weighted by atomic mass is 16.5. The first-order chi connectivity index (χ1) is 11.9. The molecule has 2 bridgehead atoms. The van der Waals surface area contributed by atoms with Crippen molar-refractivity contribution in [3.05, 3.63) is 42.0 Å². The smallest absolute Gasteiger partial charge is 0.337 e. The summed E-state index contributed by atoms with van der Waals surface area (Å²) in [5.41, 5.74) is -1.34. The number of aliphatic hydroxyl groups excluding tert-OH is 1. The normalized spacial score (nSPS) is 35.4. The van der Waals surface area contributed by atoms with E-state index >= 15 is 0 Å². The average molecular weight is 343 g/mol. The summed E-state index contributed by atoms with van der Waals surface area (Å²) in [7, 11) is 1.28. The molecule has 3 heterocycles. The molecule has 0 saturated carbocycles. The van der Waals surface area contributed by atoms with Crippen molar-refractivity contribution >= 4 is 23.5 Å². The van der Waals surface area contributed by atoms with Gasteiger partial charge in [0.2, 0.25) is 11.8 Å². The number of carbonyl (C=O) groups excluding carboxylic acids is 3. The number of amides is 2. The zero-order chi connectivity index (χ0) is 18.0. The molecule has 1 N–H and O–H groups in total. The Hall–Kier alpha value is -2.51. The molecular formula is C18H17NO6. The predicted octanol–water partition coefficient (Wildman–Crippen LogP) is 0.669. The first-order valence-corrected chi connectivity index (χ1v) is 7.94. The van der Waals surface area contributed by atoms with Gasteiger partial charge in [-0.3, -0.25) is 9.59 Å². The van der Waals surface area contributed by atoms with Crippen LogP contribution < -0.4 is 4.90 Å². The van der Waals surface area contributed by atoms with Crippen LogP contribution in [0.5, 0.6) is 0 Å².